The molecule has 1 aliphatic carbocycles. The number of rotatable bonds is 0. The highest BCUT2D eigenvalue weighted by molar-refractivity contribution is 6.08. The lowest BCUT2D eigenvalue weighted by Gasteiger charge is -2.12. The number of ketones is 1. The summed E-state index contributed by atoms with van der Waals surface area (Å²) in [5.41, 5.74) is 0.538. The van der Waals surface area contributed by atoms with Crippen molar-refractivity contribution in [2.24, 2.45) is 5.16 Å². The number of hydrogen-bond donors (Lipinski definition) is 0. The van der Waals surface area contributed by atoms with Crippen LogP contribution in [0, 0.1) is 0 Å². The van der Waals surface area contributed by atoms with Gasteiger partial charge in [-0.25, -0.2) is 0 Å². The van der Waals surface area contributed by atoms with Gasteiger partial charge in [-0.15, -0.1) is 0 Å². The van der Waals surface area contributed by atoms with Gasteiger partial charge in [-0.3, -0.25) is 9.69 Å². The maximum absolute atomic E-state index is 11.5. The van der Waals surface area contributed by atoms with E-state index in [9.17, 15) is 4.79 Å². The third-order valence-corrected chi connectivity index (χ3v) is 2.17. The summed E-state index contributed by atoms with van der Waals surface area (Å²) in [5.74, 6) is 1.18. The van der Waals surface area contributed by atoms with Gasteiger partial charge in [0.15, 0.2) is 5.78 Å². The Morgan fingerprint density at radius 1 is 1.36 bits per heavy atom. The fourth-order valence-corrected chi connectivity index (χ4v) is 1.25. The van der Waals surface area contributed by atoms with Gasteiger partial charge in [0.05, 0.1) is 5.57 Å². The molecule has 4 heteroatoms. The summed E-state index contributed by atoms with van der Waals surface area (Å²) in [4.78, 5) is 18.3. The lowest BCUT2D eigenvalue weighted by Crippen LogP contribution is -2.21. The topological polar surface area (TPSA) is 41.9 Å². The van der Waals surface area contributed by atoms with Crippen molar-refractivity contribution in [3.05, 3.63) is 35.8 Å². The SMILES string of the molecule is CC1=NO/C(=C2/C=CC=CC2=O)N1C. The van der Waals surface area contributed by atoms with Crippen molar-refractivity contribution in [2.75, 3.05) is 7.05 Å². The Hall–Kier alpha value is -1.84. The smallest absolute Gasteiger partial charge is 0.242 e. The van der Waals surface area contributed by atoms with Crippen LogP contribution in [0.1, 0.15) is 6.92 Å². The van der Waals surface area contributed by atoms with E-state index in [1.54, 1.807) is 23.1 Å². The molecule has 0 spiro atoms. The second kappa shape index (κ2) is 3.14. The summed E-state index contributed by atoms with van der Waals surface area (Å²) in [6.45, 7) is 1.82. The third-order valence-electron chi connectivity index (χ3n) is 2.17. The molecule has 0 bridgehead atoms. The molecule has 0 saturated carbocycles. The Kier molecular flexibility index (Phi) is 1.96. The Bertz CT molecular complexity index is 402. The molecule has 2 rings (SSSR count). The molecule has 0 fully saturated rings. The molecular weight excluding hydrogens is 180 g/mol. The molecule has 0 unspecified atom stereocenters. The van der Waals surface area contributed by atoms with Gasteiger partial charge in [0.1, 0.15) is 5.84 Å². The number of carbonyl (C=O) groups excluding carboxylic acids is 1. The lowest BCUT2D eigenvalue weighted by atomic mass is 10.1. The van der Waals surface area contributed by atoms with Crippen molar-refractivity contribution in [1.82, 2.24) is 4.90 Å². The zero-order valence-electron chi connectivity index (χ0n) is 8.02. The number of carbonyl (C=O) groups is 1. The van der Waals surface area contributed by atoms with Crippen LogP contribution in [-0.2, 0) is 9.63 Å². The van der Waals surface area contributed by atoms with Gasteiger partial charge < -0.3 is 4.84 Å². The summed E-state index contributed by atoms with van der Waals surface area (Å²) in [6.07, 6.45) is 6.74. The second-order valence-corrected chi connectivity index (χ2v) is 3.09. The molecule has 0 atom stereocenters. The molecule has 1 aliphatic heterocycles. The van der Waals surface area contributed by atoms with Gasteiger partial charge >= 0.3 is 0 Å². The van der Waals surface area contributed by atoms with Crippen LogP contribution in [0.3, 0.4) is 0 Å². The first-order valence-corrected chi connectivity index (χ1v) is 4.29. The molecule has 0 amide bonds. The molecule has 0 saturated heterocycles. The van der Waals surface area contributed by atoms with Crippen LogP contribution in [-0.4, -0.2) is 23.6 Å². The Morgan fingerprint density at radius 3 is 2.64 bits per heavy atom. The van der Waals surface area contributed by atoms with E-state index in [1.165, 1.54) is 6.08 Å². The Labute approximate surface area is 81.8 Å². The highest BCUT2D eigenvalue weighted by atomic mass is 16.7. The minimum absolute atomic E-state index is 0.0562. The van der Waals surface area contributed by atoms with Crippen molar-refractivity contribution < 1.29 is 9.63 Å². The molecule has 4 nitrogen and oxygen atoms in total. The van der Waals surface area contributed by atoms with E-state index in [4.69, 9.17) is 4.84 Å². The lowest BCUT2D eigenvalue weighted by molar-refractivity contribution is -0.111. The molecule has 1 heterocycles. The van der Waals surface area contributed by atoms with E-state index in [2.05, 4.69) is 5.16 Å². The number of allylic oxidation sites excluding steroid dienone is 5. The predicted molar refractivity (Wildman–Crippen MR) is 52.3 cm³/mol. The molecule has 0 N–H and O–H groups in total. The molecule has 0 aromatic carbocycles. The molecule has 14 heavy (non-hydrogen) atoms. The van der Waals surface area contributed by atoms with Crippen LogP contribution in [0.5, 0.6) is 0 Å². The van der Waals surface area contributed by atoms with Crippen molar-refractivity contribution in [3.8, 4) is 0 Å². The minimum atomic E-state index is -0.0562. The van der Waals surface area contributed by atoms with Gasteiger partial charge in [0.2, 0.25) is 5.88 Å². The summed E-state index contributed by atoms with van der Waals surface area (Å²) < 4.78 is 0. The minimum Gasteiger partial charge on any atom is -0.336 e. The summed E-state index contributed by atoms with van der Waals surface area (Å²) in [7, 11) is 1.81. The number of hydrogen-bond acceptors (Lipinski definition) is 4. The molecule has 0 aromatic heterocycles. The second-order valence-electron chi connectivity index (χ2n) is 3.09. The Balaban J connectivity index is 2.39. The van der Waals surface area contributed by atoms with E-state index in [1.807, 2.05) is 14.0 Å². The highest BCUT2D eigenvalue weighted by Gasteiger charge is 2.24. The van der Waals surface area contributed by atoms with Crippen molar-refractivity contribution in [3.63, 3.8) is 0 Å². The van der Waals surface area contributed by atoms with Gasteiger partial charge in [0.25, 0.3) is 0 Å². The predicted octanol–water partition coefficient (Wildman–Crippen LogP) is 1.19. The van der Waals surface area contributed by atoms with Crippen LogP contribution < -0.4 is 0 Å². The van der Waals surface area contributed by atoms with Crippen molar-refractivity contribution in [1.29, 1.82) is 0 Å². The van der Waals surface area contributed by atoms with Crippen LogP contribution in [0.4, 0.5) is 0 Å². The zero-order valence-corrected chi connectivity index (χ0v) is 8.02. The highest BCUT2D eigenvalue weighted by Crippen LogP contribution is 2.21. The van der Waals surface area contributed by atoms with Crippen LogP contribution in [0.15, 0.2) is 40.9 Å². The first-order valence-electron chi connectivity index (χ1n) is 4.29. The van der Waals surface area contributed by atoms with Crippen LogP contribution >= 0.6 is 0 Å². The first kappa shape index (κ1) is 8.74. The molecule has 0 radical (unpaired) electrons. The normalized spacial score (nSPS) is 25.4. The standard InChI is InChI=1S/C10H10N2O2/c1-7-11-14-10(12(7)2)8-5-3-4-6-9(8)13/h3-6H,1-2H3/b10-8-. The maximum Gasteiger partial charge on any atom is 0.242 e. The van der Waals surface area contributed by atoms with Gasteiger partial charge in [-0.1, -0.05) is 17.3 Å². The number of amidine groups is 1. The average molecular weight is 190 g/mol. The van der Waals surface area contributed by atoms with E-state index in [0.717, 1.165) is 5.84 Å². The monoisotopic (exact) mass is 190 g/mol. The first-order chi connectivity index (χ1) is 6.70. The van der Waals surface area contributed by atoms with Gasteiger partial charge in [-0.2, -0.15) is 0 Å². The quantitative estimate of drug-likeness (QED) is 0.539. The summed E-state index contributed by atoms with van der Waals surface area (Å²) in [5, 5.41) is 3.78. The fraction of sp³-hybridized carbons (Fsp3) is 0.200. The van der Waals surface area contributed by atoms with Crippen molar-refractivity contribution in [2.45, 2.75) is 6.92 Å². The van der Waals surface area contributed by atoms with E-state index in [0.29, 0.717) is 11.5 Å². The number of nitrogens with zero attached hydrogens (tertiary/aromatic N) is 2. The van der Waals surface area contributed by atoms with Gasteiger partial charge in [0, 0.05) is 7.05 Å². The van der Waals surface area contributed by atoms with E-state index < -0.39 is 0 Å². The average Bonchev–Trinajstić information content (AvgIpc) is 2.49. The van der Waals surface area contributed by atoms with Crippen molar-refractivity contribution >= 4 is 11.6 Å². The summed E-state index contributed by atoms with van der Waals surface area (Å²) in [6, 6.07) is 0. The van der Waals surface area contributed by atoms with Crippen LogP contribution in [0.25, 0.3) is 0 Å². The maximum atomic E-state index is 11.5. The third kappa shape index (κ3) is 1.25. The number of oxime groups is 1. The largest absolute Gasteiger partial charge is 0.336 e. The zero-order chi connectivity index (χ0) is 10.1. The molecule has 2 aliphatic rings. The Morgan fingerprint density at radius 2 is 2.07 bits per heavy atom. The molecular formula is C10H10N2O2. The molecule has 0 aromatic rings. The van der Waals surface area contributed by atoms with Gasteiger partial charge in [-0.05, 0) is 19.1 Å². The van der Waals surface area contributed by atoms with E-state index in [-0.39, 0.29) is 5.78 Å². The fourth-order valence-electron chi connectivity index (χ4n) is 1.25. The molecule has 72 valence electrons. The van der Waals surface area contributed by atoms with E-state index >= 15 is 0 Å². The summed E-state index contributed by atoms with van der Waals surface area (Å²) >= 11 is 0. The van der Waals surface area contributed by atoms with Crippen LogP contribution in [0.2, 0.25) is 0 Å².